The Hall–Kier alpha value is -4.01. The highest BCUT2D eigenvalue weighted by Gasteiger charge is 2.39. The lowest BCUT2D eigenvalue weighted by molar-refractivity contribution is -0.158. The molecule has 1 N–H and O–H groups in total. The number of tetrazole rings is 1. The van der Waals surface area contributed by atoms with E-state index in [2.05, 4.69) is 27.5 Å². The Morgan fingerprint density at radius 3 is 2.46 bits per heavy atom. The molecule has 2 heterocycles. The molecular formula is C30H37N5O4. The number of aromatic amines is 1. The van der Waals surface area contributed by atoms with Gasteiger partial charge in [0.25, 0.3) is 0 Å². The predicted octanol–water partition coefficient (Wildman–Crippen LogP) is 6.17. The van der Waals surface area contributed by atoms with Crippen molar-refractivity contribution < 1.29 is 18.7 Å². The molecule has 0 radical (unpaired) electrons. The predicted molar refractivity (Wildman–Crippen MR) is 149 cm³/mol. The maximum absolute atomic E-state index is 13.3. The fraction of sp³-hybridized carbons (Fsp3) is 0.433. The molecule has 9 heteroatoms. The number of unbranched alkanes of at least 4 members (excludes halogenated alkanes) is 1. The Morgan fingerprint density at radius 1 is 1.03 bits per heavy atom. The highest BCUT2D eigenvalue weighted by molar-refractivity contribution is 5.87. The van der Waals surface area contributed by atoms with Crippen LogP contribution in [-0.4, -0.2) is 50.6 Å². The standard InChI is InChI=1S/C30H37N5O4/c1-5-9-14-27(36)35(20-30(6-2,7-3)29(37)38-8-4)19-21-15-16-25-22(17-21)18-26(39-25)23-12-10-11-13-24(23)28-31-33-34-32-28/h10-13,15-18H,5-9,14,19-20H2,1-4H3,(H,31,32,33,34). The van der Waals surface area contributed by atoms with Gasteiger partial charge in [0, 0.05) is 36.0 Å². The molecule has 0 spiro atoms. The molecule has 1 amide bonds. The van der Waals surface area contributed by atoms with Crippen molar-refractivity contribution in [3.63, 3.8) is 0 Å². The zero-order chi connectivity index (χ0) is 27.8. The molecule has 0 unspecified atom stereocenters. The van der Waals surface area contributed by atoms with Crippen molar-refractivity contribution in [3.05, 3.63) is 54.1 Å². The molecule has 0 bridgehead atoms. The molecule has 2 aromatic carbocycles. The molecule has 39 heavy (non-hydrogen) atoms. The first-order valence-corrected chi connectivity index (χ1v) is 13.7. The van der Waals surface area contributed by atoms with Gasteiger partial charge in [-0.2, -0.15) is 5.21 Å². The number of hydrogen-bond donors (Lipinski definition) is 1. The Labute approximate surface area is 228 Å². The van der Waals surface area contributed by atoms with Crippen molar-refractivity contribution in [2.75, 3.05) is 13.2 Å². The maximum Gasteiger partial charge on any atom is 0.313 e. The van der Waals surface area contributed by atoms with E-state index in [1.54, 1.807) is 0 Å². The molecule has 2 aromatic heterocycles. The number of H-pyrrole nitrogens is 1. The molecule has 0 fully saturated rings. The minimum Gasteiger partial charge on any atom is -0.466 e. The SMILES string of the molecule is CCCCC(=O)N(Cc1ccc2oc(-c3ccccc3-c3nn[nH]n3)cc2c1)CC(CC)(CC)C(=O)OCC. The fourth-order valence-corrected chi connectivity index (χ4v) is 4.91. The number of ether oxygens (including phenoxy) is 1. The van der Waals surface area contributed by atoms with Gasteiger partial charge in [-0.3, -0.25) is 9.59 Å². The summed E-state index contributed by atoms with van der Waals surface area (Å²) < 4.78 is 11.6. The van der Waals surface area contributed by atoms with Gasteiger partial charge in [0.05, 0.1) is 12.0 Å². The maximum atomic E-state index is 13.3. The third-order valence-corrected chi connectivity index (χ3v) is 7.39. The van der Waals surface area contributed by atoms with Gasteiger partial charge in [-0.15, -0.1) is 10.2 Å². The number of amides is 1. The Kier molecular flexibility index (Phi) is 9.11. The summed E-state index contributed by atoms with van der Waals surface area (Å²) in [6.45, 7) is 8.90. The van der Waals surface area contributed by atoms with Crippen molar-refractivity contribution >= 4 is 22.8 Å². The number of esters is 1. The van der Waals surface area contributed by atoms with Crippen LogP contribution >= 0.6 is 0 Å². The number of carbonyl (C=O) groups excluding carboxylic acids is 2. The first-order chi connectivity index (χ1) is 18.9. The fourth-order valence-electron chi connectivity index (χ4n) is 4.91. The summed E-state index contributed by atoms with van der Waals surface area (Å²) in [5, 5.41) is 15.3. The van der Waals surface area contributed by atoms with Gasteiger partial charge >= 0.3 is 5.97 Å². The highest BCUT2D eigenvalue weighted by Crippen LogP contribution is 2.35. The second kappa shape index (κ2) is 12.7. The summed E-state index contributed by atoms with van der Waals surface area (Å²) in [6, 6.07) is 15.7. The molecule has 4 aromatic rings. The highest BCUT2D eigenvalue weighted by atomic mass is 16.5. The van der Waals surface area contributed by atoms with E-state index >= 15 is 0 Å². The molecule has 0 saturated heterocycles. The molecule has 0 aliphatic carbocycles. The van der Waals surface area contributed by atoms with Crippen LogP contribution < -0.4 is 0 Å². The van der Waals surface area contributed by atoms with E-state index in [0.717, 1.165) is 40.5 Å². The van der Waals surface area contributed by atoms with Gasteiger partial charge in [0.15, 0.2) is 0 Å². The van der Waals surface area contributed by atoms with E-state index < -0.39 is 5.41 Å². The Bertz CT molecular complexity index is 1390. The van der Waals surface area contributed by atoms with Crippen molar-refractivity contribution in [1.29, 1.82) is 0 Å². The normalized spacial score (nSPS) is 11.6. The van der Waals surface area contributed by atoms with Crippen molar-refractivity contribution in [2.45, 2.75) is 66.3 Å². The van der Waals surface area contributed by atoms with Crippen molar-refractivity contribution in [1.82, 2.24) is 25.5 Å². The van der Waals surface area contributed by atoms with Gasteiger partial charge in [-0.05, 0) is 55.2 Å². The van der Waals surface area contributed by atoms with Crippen LogP contribution in [0.1, 0.15) is 65.4 Å². The minimum absolute atomic E-state index is 0.0504. The van der Waals surface area contributed by atoms with Crippen LogP contribution in [-0.2, 0) is 20.9 Å². The molecule has 9 nitrogen and oxygen atoms in total. The number of rotatable bonds is 13. The quantitative estimate of drug-likeness (QED) is 0.205. The monoisotopic (exact) mass is 531 g/mol. The third-order valence-electron chi connectivity index (χ3n) is 7.39. The molecule has 206 valence electrons. The van der Waals surface area contributed by atoms with Crippen LogP contribution in [0.3, 0.4) is 0 Å². The first-order valence-electron chi connectivity index (χ1n) is 13.7. The average molecular weight is 532 g/mol. The van der Waals surface area contributed by atoms with E-state index in [9.17, 15) is 9.59 Å². The molecule has 0 saturated carbocycles. The van der Waals surface area contributed by atoms with Crippen LogP contribution in [0, 0.1) is 5.41 Å². The first kappa shape index (κ1) is 28.0. The van der Waals surface area contributed by atoms with Crippen LogP contribution in [0.25, 0.3) is 33.7 Å². The summed E-state index contributed by atoms with van der Waals surface area (Å²) in [4.78, 5) is 28.2. The second-order valence-corrected chi connectivity index (χ2v) is 9.83. The number of nitrogens with one attached hydrogen (secondary N) is 1. The Balaban J connectivity index is 1.64. The zero-order valence-corrected chi connectivity index (χ0v) is 23.2. The molecule has 0 atom stereocenters. The van der Waals surface area contributed by atoms with Crippen molar-refractivity contribution in [3.8, 4) is 22.7 Å². The van der Waals surface area contributed by atoms with E-state index in [-0.39, 0.29) is 11.9 Å². The summed E-state index contributed by atoms with van der Waals surface area (Å²) in [7, 11) is 0. The molecule has 4 rings (SSSR count). The third kappa shape index (κ3) is 6.19. The van der Waals surface area contributed by atoms with Crippen LogP contribution in [0.5, 0.6) is 0 Å². The van der Waals surface area contributed by atoms with E-state index in [1.165, 1.54) is 0 Å². The number of hydrogen-bond acceptors (Lipinski definition) is 7. The van der Waals surface area contributed by atoms with Gasteiger partial charge in [0.1, 0.15) is 11.3 Å². The number of benzene rings is 2. The van der Waals surface area contributed by atoms with Crippen LogP contribution in [0.4, 0.5) is 0 Å². The summed E-state index contributed by atoms with van der Waals surface area (Å²) in [5.74, 6) is 0.995. The zero-order valence-electron chi connectivity index (χ0n) is 23.2. The lowest BCUT2D eigenvalue weighted by Crippen LogP contribution is -2.45. The van der Waals surface area contributed by atoms with Gasteiger partial charge < -0.3 is 14.1 Å². The smallest absolute Gasteiger partial charge is 0.313 e. The molecular weight excluding hydrogens is 494 g/mol. The number of fused-ring (bicyclic) bond motifs is 1. The second-order valence-electron chi connectivity index (χ2n) is 9.83. The van der Waals surface area contributed by atoms with E-state index in [1.807, 2.05) is 74.2 Å². The van der Waals surface area contributed by atoms with Crippen LogP contribution in [0.2, 0.25) is 0 Å². The van der Waals surface area contributed by atoms with Gasteiger partial charge in [-0.1, -0.05) is 57.5 Å². The lowest BCUT2D eigenvalue weighted by atomic mass is 9.81. The lowest BCUT2D eigenvalue weighted by Gasteiger charge is -2.35. The topological polar surface area (TPSA) is 114 Å². The molecule has 0 aliphatic rings. The average Bonchev–Trinajstić information content (AvgIpc) is 3.64. The van der Waals surface area contributed by atoms with Crippen LogP contribution in [0.15, 0.2) is 52.9 Å². The number of aromatic nitrogens is 4. The minimum atomic E-state index is -0.732. The largest absolute Gasteiger partial charge is 0.466 e. The number of carbonyl (C=O) groups is 2. The summed E-state index contributed by atoms with van der Waals surface area (Å²) in [5.41, 5.74) is 2.65. The summed E-state index contributed by atoms with van der Waals surface area (Å²) >= 11 is 0. The van der Waals surface area contributed by atoms with Crippen molar-refractivity contribution in [2.24, 2.45) is 5.41 Å². The number of furan rings is 1. The number of nitrogens with zero attached hydrogens (tertiary/aromatic N) is 4. The Morgan fingerprint density at radius 2 is 1.79 bits per heavy atom. The molecule has 0 aliphatic heterocycles. The summed E-state index contributed by atoms with van der Waals surface area (Å²) in [6.07, 6.45) is 3.39. The van der Waals surface area contributed by atoms with Gasteiger partial charge in [-0.25, -0.2) is 0 Å². The van der Waals surface area contributed by atoms with Gasteiger partial charge in [0.2, 0.25) is 11.7 Å². The van der Waals surface area contributed by atoms with E-state index in [4.69, 9.17) is 9.15 Å². The van der Waals surface area contributed by atoms with E-state index in [0.29, 0.717) is 50.5 Å².